The van der Waals surface area contributed by atoms with E-state index in [9.17, 15) is 0 Å². The van der Waals surface area contributed by atoms with Gasteiger partial charge in [-0.15, -0.1) is 0 Å². The number of pyridine rings is 2. The summed E-state index contributed by atoms with van der Waals surface area (Å²) in [4.78, 5) is 11.9. The molecule has 0 saturated heterocycles. The van der Waals surface area contributed by atoms with Crippen LogP contribution in [0.1, 0.15) is 11.3 Å². The van der Waals surface area contributed by atoms with Gasteiger partial charge in [0.1, 0.15) is 0 Å². The van der Waals surface area contributed by atoms with E-state index < -0.39 is 0 Å². The molecule has 4 nitrogen and oxygen atoms in total. The second-order valence-electron chi connectivity index (χ2n) is 4.52. The Hall–Kier alpha value is -2.01. The number of H-pyrrole nitrogens is 1. The van der Waals surface area contributed by atoms with Crippen molar-refractivity contribution in [2.24, 2.45) is 0 Å². The van der Waals surface area contributed by atoms with Crippen LogP contribution in [0.25, 0.3) is 11.2 Å². The van der Waals surface area contributed by atoms with Gasteiger partial charge in [0.25, 0.3) is 0 Å². The summed E-state index contributed by atoms with van der Waals surface area (Å²) in [6.45, 7) is 2.79. The molecular weight excluding hydrogens is 256 g/mol. The van der Waals surface area contributed by atoms with Crippen molar-refractivity contribution in [1.82, 2.24) is 19.5 Å². The van der Waals surface area contributed by atoms with Gasteiger partial charge in [-0.2, -0.15) is 0 Å². The molecule has 0 saturated carbocycles. The van der Waals surface area contributed by atoms with Crippen LogP contribution in [-0.2, 0) is 13.0 Å². The molecule has 5 heteroatoms. The molecule has 0 spiro atoms. The molecule has 96 valence electrons. The lowest BCUT2D eigenvalue weighted by Gasteiger charge is -2.04. The monoisotopic (exact) mass is 270 g/mol. The molecule has 0 amide bonds. The third-order valence-corrected chi connectivity index (χ3v) is 3.43. The van der Waals surface area contributed by atoms with Gasteiger partial charge in [0.05, 0.1) is 5.52 Å². The van der Waals surface area contributed by atoms with Gasteiger partial charge in [-0.25, -0.2) is 4.98 Å². The molecule has 0 aliphatic rings. The molecule has 0 atom stereocenters. The minimum absolute atomic E-state index is 0.719. The summed E-state index contributed by atoms with van der Waals surface area (Å²) in [5, 5.41) is 0. The molecule has 0 bridgehead atoms. The molecule has 0 aromatic carbocycles. The molecule has 19 heavy (non-hydrogen) atoms. The number of nitrogens with one attached hydrogen (secondary N) is 1. The van der Waals surface area contributed by atoms with Gasteiger partial charge in [-0.3, -0.25) is 4.98 Å². The van der Waals surface area contributed by atoms with Crippen molar-refractivity contribution in [2.45, 2.75) is 19.9 Å². The van der Waals surface area contributed by atoms with Crippen molar-refractivity contribution in [1.29, 1.82) is 0 Å². The minimum Gasteiger partial charge on any atom is -0.329 e. The highest BCUT2D eigenvalue weighted by atomic mass is 32.1. The summed E-state index contributed by atoms with van der Waals surface area (Å²) < 4.78 is 2.77. The second kappa shape index (κ2) is 4.93. The van der Waals surface area contributed by atoms with Crippen molar-refractivity contribution in [3.8, 4) is 0 Å². The first-order valence-electron chi connectivity index (χ1n) is 6.19. The molecule has 3 aromatic heterocycles. The van der Waals surface area contributed by atoms with Crippen molar-refractivity contribution in [2.75, 3.05) is 0 Å². The molecule has 1 N–H and O–H groups in total. The fourth-order valence-corrected chi connectivity index (χ4v) is 2.41. The van der Waals surface area contributed by atoms with Gasteiger partial charge < -0.3 is 9.55 Å². The molecule has 0 aliphatic carbocycles. The first-order valence-corrected chi connectivity index (χ1v) is 6.60. The summed E-state index contributed by atoms with van der Waals surface area (Å²) >= 11 is 5.36. The Labute approximate surface area is 116 Å². The smallest absolute Gasteiger partial charge is 0.179 e. The third-order valence-electron chi connectivity index (χ3n) is 3.10. The molecule has 3 rings (SSSR count). The number of nitrogens with zero attached hydrogens (tertiary/aromatic N) is 3. The van der Waals surface area contributed by atoms with Gasteiger partial charge in [0.15, 0.2) is 10.4 Å². The van der Waals surface area contributed by atoms with Crippen molar-refractivity contribution in [3.63, 3.8) is 0 Å². The van der Waals surface area contributed by atoms with E-state index in [1.807, 2.05) is 35.9 Å². The first kappa shape index (κ1) is 12.0. The minimum atomic E-state index is 0.719. The highest BCUT2D eigenvalue weighted by molar-refractivity contribution is 7.71. The largest absolute Gasteiger partial charge is 0.329 e. The Bertz CT molecular complexity index is 758. The van der Waals surface area contributed by atoms with Gasteiger partial charge in [0, 0.05) is 24.6 Å². The Balaban J connectivity index is 1.94. The van der Waals surface area contributed by atoms with Crippen LogP contribution in [-0.4, -0.2) is 19.5 Å². The fourth-order valence-electron chi connectivity index (χ4n) is 2.12. The van der Waals surface area contributed by atoms with E-state index in [0.29, 0.717) is 0 Å². The molecule has 0 radical (unpaired) electrons. The zero-order chi connectivity index (χ0) is 13.2. The summed E-state index contributed by atoms with van der Waals surface area (Å²) in [5.74, 6) is 0. The Morgan fingerprint density at radius 3 is 3.00 bits per heavy atom. The van der Waals surface area contributed by atoms with Crippen LogP contribution in [0.2, 0.25) is 0 Å². The lowest BCUT2D eigenvalue weighted by molar-refractivity contribution is 0.698. The third kappa shape index (κ3) is 2.42. The van der Waals surface area contributed by atoms with E-state index in [0.717, 1.165) is 34.6 Å². The van der Waals surface area contributed by atoms with Gasteiger partial charge >= 0.3 is 0 Å². The maximum absolute atomic E-state index is 5.36. The Kier molecular flexibility index (Phi) is 3.13. The highest BCUT2D eigenvalue weighted by Gasteiger charge is 2.06. The number of rotatable bonds is 3. The van der Waals surface area contributed by atoms with Gasteiger partial charge in [-0.1, -0.05) is 6.07 Å². The van der Waals surface area contributed by atoms with E-state index in [2.05, 4.69) is 21.0 Å². The molecular formula is C14H14N4S. The number of aromatic nitrogens is 4. The molecule has 3 heterocycles. The van der Waals surface area contributed by atoms with Crippen LogP contribution in [0.4, 0.5) is 0 Å². The molecule has 0 unspecified atom stereocenters. The summed E-state index contributed by atoms with van der Waals surface area (Å²) in [5.41, 5.74) is 4.11. The average Bonchev–Trinajstić information content (AvgIpc) is 2.73. The number of hydrogen-bond acceptors (Lipinski definition) is 3. The van der Waals surface area contributed by atoms with E-state index >= 15 is 0 Å². The predicted octanol–water partition coefficient (Wildman–Crippen LogP) is 3.04. The maximum Gasteiger partial charge on any atom is 0.179 e. The fraction of sp³-hybridized carbons (Fsp3) is 0.214. The van der Waals surface area contributed by atoms with Crippen LogP contribution < -0.4 is 0 Å². The average molecular weight is 270 g/mol. The lowest BCUT2D eigenvalue weighted by atomic mass is 10.2. The zero-order valence-corrected chi connectivity index (χ0v) is 11.4. The summed E-state index contributed by atoms with van der Waals surface area (Å²) in [7, 11) is 0. The molecule has 0 fully saturated rings. The number of imidazole rings is 1. The number of fused-ring (bicyclic) bond motifs is 1. The van der Waals surface area contributed by atoms with Crippen LogP contribution in [0.3, 0.4) is 0 Å². The van der Waals surface area contributed by atoms with Crippen LogP contribution in [0.15, 0.2) is 36.7 Å². The summed E-state index contributed by atoms with van der Waals surface area (Å²) in [6, 6.07) is 8.03. The number of aryl methyl sites for hydroxylation is 3. The first-order chi connectivity index (χ1) is 9.24. The van der Waals surface area contributed by atoms with Gasteiger partial charge in [-0.05, 0) is 49.3 Å². The lowest BCUT2D eigenvalue weighted by Crippen LogP contribution is -2.03. The van der Waals surface area contributed by atoms with Crippen molar-refractivity contribution in [3.05, 3.63) is 52.7 Å². The SMILES string of the molecule is Cc1ccc2[nH]c(=S)n(CCc3cccnc3)c2n1. The molecule has 3 aromatic rings. The van der Waals surface area contributed by atoms with E-state index in [4.69, 9.17) is 12.2 Å². The zero-order valence-electron chi connectivity index (χ0n) is 10.6. The van der Waals surface area contributed by atoms with E-state index in [1.54, 1.807) is 6.20 Å². The Morgan fingerprint density at radius 2 is 2.21 bits per heavy atom. The van der Waals surface area contributed by atoms with Crippen molar-refractivity contribution < 1.29 is 0 Å². The van der Waals surface area contributed by atoms with Crippen molar-refractivity contribution >= 4 is 23.4 Å². The van der Waals surface area contributed by atoms with E-state index in [-0.39, 0.29) is 0 Å². The molecule has 0 aliphatic heterocycles. The highest BCUT2D eigenvalue weighted by Crippen LogP contribution is 2.13. The standard InChI is InChI=1S/C14H14N4S/c1-10-4-5-12-13(16-10)18(14(19)17-12)8-6-11-3-2-7-15-9-11/h2-5,7,9H,6,8H2,1H3,(H,17,19). The number of hydrogen-bond donors (Lipinski definition) is 1. The van der Waals surface area contributed by atoms with Crippen LogP contribution >= 0.6 is 12.2 Å². The Morgan fingerprint density at radius 1 is 1.32 bits per heavy atom. The van der Waals surface area contributed by atoms with Crippen LogP contribution in [0.5, 0.6) is 0 Å². The van der Waals surface area contributed by atoms with E-state index in [1.165, 1.54) is 5.56 Å². The number of aromatic amines is 1. The van der Waals surface area contributed by atoms with Crippen LogP contribution in [0, 0.1) is 11.7 Å². The summed E-state index contributed by atoms with van der Waals surface area (Å²) in [6.07, 6.45) is 4.56. The quantitative estimate of drug-likeness (QED) is 0.744. The predicted molar refractivity (Wildman–Crippen MR) is 77.6 cm³/mol. The maximum atomic E-state index is 5.36. The topological polar surface area (TPSA) is 46.5 Å². The van der Waals surface area contributed by atoms with Gasteiger partial charge in [0.2, 0.25) is 0 Å². The normalized spacial score (nSPS) is 11.0. The second-order valence-corrected chi connectivity index (χ2v) is 4.90.